The van der Waals surface area contributed by atoms with Crippen LogP contribution in [0.1, 0.15) is 46.1 Å². The van der Waals surface area contributed by atoms with E-state index in [1.54, 1.807) is 6.92 Å². The number of carbonyl (C=O) groups excluding carboxylic acids is 1. The summed E-state index contributed by atoms with van der Waals surface area (Å²) >= 11 is 1.44. The Morgan fingerprint density at radius 2 is 2.19 bits per heavy atom. The normalized spacial score (nSPS) is 13.6. The fraction of sp³-hybridized carbons (Fsp3) is 0.333. The van der Waals surface area contributed by atoms with Crippen molar-refractivity contribution in [1.82, 2.24) is 0 Å². The average molecular weight is 374 g/mol. The van der Waals surface area contributed by atoms with Crippen LogP contribution in [0, 0.1) is 10.1 Å². The van der Waals surface area contributed by atoms with Crippen LogP contribution in [-0.2, 0) is 17.6 Å². The molecule has 1 N–H and O–H groups in total. The number of esters is 1. The van der Waals surface area contributed by atoms with Gasteiger partial charge in [-0.25, -0.2) is 9.79 Å². The van der Waals surface area contributed by atoms with Gasteiger partial charge in [0.25, 0.3) is 0 Å². The fourth-order valence-corrected chi connectivity index (χ4v) is 4.21. The number of carbonyl (C=O) groups is 1. The van der Waals surface area contributed by atoms with Gasteiger partial charge in [-0.15, -0.1) is 11.3 Å². The molecule has 0 amide bonds. The van der Waals surface area contributed by atoms with Gasteiger partial charge in [-0.05, 0) is 44.2 Å². The number of ether oxygens (including phenoxy) is 1. The number of phenols is 1. The minimum absolute atomic E-state index is 0.223. The molecule has 0 atom stereocenters. The number of fused-ring (bicyclic) bond motifs is 1. The first-order valence-electron chi connectivity index (χ1n) is 8.35. The summed E-state index contributed by atoms with van der Waals surface area (Å²) < 4.78 is 5.17. The minimum Gasteiger partial charge on any atom is -0.502 e. The van der Waals surface area contributed by atoms with Crippen molar-refractivity contribution in [2.24, 2.45) is 4.99 Å². The fourth-order valence-electron chi connectivity index (χ4n) is 2.98. The Bertz CT molecular complexity index is 888. The molecule has 0 radical (unpaired) electrons. The number of hydrogen-bond donors (Lipinski definition) is 1. The number of nitro groups is 1. The lowest BCUT2D eigenvalue weighted by molar-refractivity contribution is -0.385. The second-order valence-electron chi connectivity index (χ2n) is 5.84. The van der Waals surface area contributed by atoms with Crippen molar-refractivity contribution in [2.45, 2.75) is 32.6 Å². The van der Waals surface area contributed by atoms with E-state index >= 15 is 0 Å². The molecule has 0 bridgehead atoms. The molecule has 0 spiro atoms. The molecule has 7 nitrogen and oxygen atoms in total. The molecule has 2 aromatic rings. The first-order chi connectivity index (χ1) is 12.5. The van der Waals surface area contributed by atoms with E-state index in [-0.39, 0.29) is 17.9 Å². The summed E-state index contributed by atoms with van der Waals surface area (Å²) in [5, 5.41) is 21.5. The number of nitro benzene ring substituents is 1. The molecule has 26 heavy (non-hydrogen) atoms. The van der Waals surface area contributed by atoms with E-state index < -0.39 is 16.6 Å². The second-order valence-corrected chi connectivity index (χ2v) is 6.93. The number of nitrogens with zero attached hydrogens (tertiary/aromatic N) is 2. The molecule has 0 fully saturated rings. The molecule has 136 valence electrons. The Hall–Kier alpha value is -2.74. The highest BCUT2D eigenvalue weighted by Gasteiger charge is 2.26. The molecule has 3 rings (SSSR count). The molecular formula is C18H18N2O5S. The summed E-state index contributed by atoms with van der Waals surface area (Å²) in [4.78, 5) is 28.2. The Kier molecular flexibility index (Phi) is 5.32. The number of aromatic hydroxyl groups is 1. The van der Waals surface area contributed by atoms with Crippen molar-refractivity contribution in [3.05, 3.63) is 49.9 Å². The maximum atomic E-state index is 12.4. The van der Waals surface area contributed by atoms with Crippen LogP contribution in [0.2, 0.25) is 0 Å². The van der Waals surface area contributed by atoms with Crippen LogP contribution in [0.4, 0.5) is 10.7 Å². The summed E-state index contributed by atoms with van der Waals surface area (Å²) in [6.07, 6.45) is 5.17. The summed E-state index contributed by atoms with van der Waals surface area (Å²) in [5.41, 5.74) is 1.31. The summed E-state index contributed by atoms with van der Waals surface area (Å²) in [6.45, 7) is 2.03. The zero-order valence-electron chi connectivity index (χ0n) is 14.2. The molecule has 0 saturated heterocycles. The quantitative estimate of drug-likeness (QED) is 0.366. The Morgan fingerprint density at radius 1 is 1.42 bits per heavy atom. The van der Waals surface area contributed by atoms with E-state index in [0.717, 1.165) is 36.1 Å². The topological polar surface area (TPSA) is 102 Å². The SMILES string of the molecule is CCOC(=O)c1c(/N=C/c2cccc([N+](=O)[O-])c2O)sc2c1CCCC2. The average Bonchev–Trinajstić information content (AvgIpc) is 2.99. The third-order valence-corrected chi connectivity index (χ3v) is 5.40. The van der Waals surface area contributed by atoms with Crippen LogP contribution >= 0.6 is 11.3 Å². The van der Waals surface area contributed by atoms with Crippen LogP contribution in [0.5, 0.6) is 5.75 Å². The van der Waals surface area contributed by atoms with Gasteiger partial charge in [0, 0.05) is 22.7 Å². The van der Waals surface area contributed by atoms with Crippen LogP contribution in [0.15, 0.2) is 23.2 Å². The van der Waals surface area contributed by atoms with E-state index in [4.69, 9.17) is 4.74 Å². The van der Waals surface area contributed by atoms with Gasteiger partial charge in [0.15, 0.2) is 0 Å². The molecule has 1 aromatic carbocycles. The van der Waals surface area contributed by atoms with Gasteiger partial charge < -0.3 is 9.84 Å². The summed E-state index contributed by atoms with van der Waals surface area (Å²) in [6, 6.07) is 4.23. The molecule has 0 aliphatic heterocycles. The monoisotopic (exact) mass is 374 g/mol. The van der Waals surface area contributed by atoms with Crippen molar-refractivity contribution in [3.63, 3.8) is 0 Å². The number of benzene rings is 1. The highest BCUT2D eigenvalue weighted by atomic mass is 32.1. The lowest BCUT2D eigenvalue weighted by Gasteiger charge is -2.11. The lowest BCUT2D eigenvalue weighted by atomic mass is 9.95. The molecule has 1 aliphatic rings. The highest BCUT2D eigenvalue weighted by molar-refractivity contribution is 7.16. The van der Waals surface area contributed by atoms with Gasteiger partial charge in [-0.2, -0.15) is 0 Å². The number of phenolic OH excluding ortho intramolecular Hbond substituents is 1. The third kappa shape index (κ3) is 3.45. The Morgan fingerprint density at radius 3 is 2.92 bits per heavy atom. The third-order valence-electron chi connectivity index (χ3n) is 4.20. The van der Waals surface area contributed by atoms with Gasteiger partial charge in [0.1, 0.15) is 5.00 Å². The largest absolute Gasteiger partial charge is 0.502 e. The zero-order chi connectivity index (χ0) is 18.7. The maximum absolute atomic E-state index is 12.4. The van der Waals surface area contributed by atoms with Crippen LogP contribution < -0.4 is 0 Å². The van der Waals surface area contributed by atoms with E-state index in [1.165, 1.54) is 35.8 Å². The summed E-state index contributed by atoms with van der Waals surface area (Å²) in [7, 11) is 0. The van der Waals surface area contributed by atoms with Gasteiger partial charge in [-0.1, -0.05) is 6.07 Å². The molecule has 0 saturated carbocycles. The van der Waals surface area contributed by atoms with Crippen molar-refractivity contribution >= 4 is 34.2 Å². The van der Waals surface area contributed by atoms with Crippen molar-refractivity contribution in [3.8, 4) is 5.75 Å². The molecular weight excluding hydrogens is 356 g/mol. The van der Waals surface area contributed by atoms with E-state index in [0.29, 0.717) is 10.6 Å². The first kappa shape index (κ1) is 18.1. The molecule has 0 unspecified atom stereocenters. The predicted molar refractivity (Wildman–Crippen MR) is 98.9 cm³/mol. The lowest BCUT2D eigenvalue weighted by Crippen LogP contribution is -2.09. The van der Waals surface area contributed by atoms with Gasteiger partial charge in [0.2, 0.25) is 5.75 Å². The number of aryl methyl sites for hydroxylation is 1. The van der Waals surface area contributed by atoms with Gasteiger partial charge in [-0.3, -0.25) is 10.1 Å². The van der Waals surface area contributed by atoms with Crippen molar-refractivity contribution < 1.29 is 19.6 Å². The van der Waals surface area contributed by atoms with E-state index in [1.807, 2.05) is 0 Å². The standard InChI is InChI=1S/C18H18N2O5S/c1-2-25-18(22)15-12-7-3-4-9-14(12)26-17(15)19-10-11-6-5-8-13(16(11)21)20(23)24/h5-6,8,10,21H,2-4,7,9H2,1H3/b19-10+. The van der Waals surface area contributed by atoms with E-state index in [2.05, 4.69) is 4.99 Å². The van der Waals surface area contributed by atoms with E-state index in [9.17, 15) is 20.0 Å². The minimum atomic E-state index is -0.652. The predicted octanol–water partition coefficient (Wildman–Crippen LogP) is 4.17. The molecule has 1 heterocycles. The molecule has 8 heteroatoms. The van der Waals surface area contributed by atoms with Crippen molar-refractivity contribution in [2.75, 3.05) is 6.61 Å². The maximum Gasteiger partial charge on any atom is 0.341 e. The van der Waals surface area contributed by atoms with Gasteiger partial charge in [0.05, 0.1) is 17.1 Å². The highest BCUT2D eigenvalue weighted by Crippen LogP contribution is 2.40. The Labute approximate surface area is 154 Å². The second kappa shape index (κ2) is 7.65. The number of thiophene rings is 1. The number of rotatable bonds is 5. The Balaban J connectivity index is 2.01. The number of para-hydroxylation sites is 1. The summed E-state index contributed by atoms with van der Waals surface area (Å²) in [5.74, 6) is -0.845. The van der Waals surface area contributed by atoms with Crippen LogP contribution in [-0.4, -0.2) is 28.8 Å². The van der Waals surface area contributed by atoms with Crippen molar-refractivity contribution in [1.29, 1.82) is 0 Å². The van der Waals surface area contributed by atoms with Gasteiger partial charge >= 0.3 is 11.7 Å². The first-order valence-corrected chi connectivity index (χ1v) is 9.16. The number of aliphatic imine (C=N–C) groups is 1. The molecule has 1 aromatic heterocycles. The molecule has 1 aliphatic carbocycles. The smallest absolute Gasteiger partial charge is 0.341 e. The van der Waals surface area contributed by atoms with Crippen LogP contribution in [0.25, 0.3) is 0 Å². The van der Waals surface area contributed by atoms with Crippen LogP contribution in [0.3, 0.4) is 0 Å². The number of hydrogen-bond acceptors (Lipinski definition) is 7. The zero-order valence-corrected chi connectivity index (χ0v) is 15.0.